The van der Waals surface area contributed by atoms with Crippen LogP contribution >= 0.6 is 0 Å². The maximum atomic E-state index is 11.7. The molecule has 0 unspecified atom stereocenters. The Morgan fingerprint density at radius 2 is 1.67 bits per heavy atom. The van der Waals surface area contributed by atoms with E-state index in [1.165, 1.54) is 32.1 Å². The minimum Gasteiger partial charge on any atom is -0.300 e. The summed E-state index contributed by atoms with van der Waals surface area (Å²) in [6.45, 7) is 6.54. The fourth-order valence-corrected chi connectivity index (χ4v) is 4.08. The topological polar surface area (TPSA) is 17.1 Å². The molecule has 2 aliphatic rings. The summed E-state index contributed by atoms with van der Waals surface area (Å²) in [5, 5.41) is 0. The first-order valence-electron chi connectivity index (χ1n) is 6.56. The van der Waals surface area contributed by atoms with E-state index in [-0.39, 0.29) is 0 Å². The molecule has 2 fully saturated rings. The molecule has 0 bridgehead atoms. The number of hydrogen-bond donors (Lipinski definition) is 0. The van der Waals surface area contributed by atoms with Gasteiger partial charge in [0.25, 0.3) is 0 Å². The summed E-state index contributed by atoms with van der Waals surface area (Å²) in [6.07, 6.45) is 7.73. The van der Waals surface area contributed by atoms with Gasteiger partial charge in [-0.2, -0.15) is 0 Å². The molecule has 0 heterocycles. The zero-order valence-electron chi connectivity index (χ0n) is 10.4. The average Bonchev–Trinajstić information content (AvgIpc) is 2.50. The summed E-state index contributed by atoms with van der Waals surface area (Å²) in [6, 6.07) is 0. The molecule has 0 aliphatic heterocycles. The highest BCUT2D eigenvalue weighted by molar-refractivity contribution is 5.79. The predicted molar refractivity (Wildman–Crippen MR) is 62.6 cm³/mol. The maximum Gasteiger partial charge on any atom is 0.133 e. The van der Waals surface area contributed by atoms with Crippen LogP contribution in [0.4, 0.5) is 0 Å². The third kappa shape index (κ3) is 1.74. The van der Waals surface area contributed by atoms with Crippen LogP contribution in [-0.2, 0) is 4.79 Å². The fourth-order valence-electron chi connectivity index (χ4n) is 4.08. The smallest absolute Gasteiger partial charge is 0.133 e. The second-order valence-electron chi connectivity index (χ2n) is 6.06. The van der Waals surface area contributed by atoms with Crippen LogP contribution in [0.2, 0.25) is 0 Å². The van der Waals surface area contributed by atoms with E-state index < -0.39 is 0 Å². The standard InChI is InChI=1S/C14H24O/c1-10-6-8-14(9-7-10)11(2)4-5-13(14)12(3)15/h10-11,13H,4-9H2,1-3H3/t10?,11-,13+,14?/m1/s1. The molecule has 86 valence electrons. The molecule has 2 saturated carbocycles. The number of hydrogen-bond acceptors (Lipinski definition) is 1. The molecule has 0 aromatic carbocycles. The van der Waals surface area contributed by atoms with Crippen molar-refractivity contribution in [3.63, 3.8) is 0 Å². The normalized spacial score (nSPS) is 45.9. The van der Waals surface area contributed by atoms with Crippen LogP contribution in [0.5, 0.6) is 0 Å². The molecule has 1 spiro atoms. The fraction of sp³-hybridized carbons (Fsp3) is 0.929. The highest BCUT2D eigenvalue weighted by Crippen LogP contribution is 2.57. The van der Waals surface area contributed by atoms with Crippen molar-refractivity contribution >= 4 is 5.78 Å². The highest BCUT2D eigenvalue weighted by atomic mass is 16.1. The van der Waals surface area contributed by atoms with E-state index in [4.69, 9.17) is 0 Å². The van der Waals surface area contributed by atoms with E-state index in [2.05, 4.69) is 13.8 Å². The minimum atomic E-state index is 0.389. The van der Waals surface area contributed by atoms with Gasteiger partial charge in [0.05, 0.1) is 0 Å². The molecule has 0 aromatic heterocycles. The number of rotatable bonds is 1. The quantitative estimate of drug-likeness (QED) is 0.640. The minimum absolute atomic E-state index is 0.389. The largest absolute Gasteiger partial charge is 0.300 e. The van der Waals surface area contributed by atoms with Crippen molar-refractivity contribution in [1.29, 1.82) is 0 Å². The van der Waals surface area contributed by atoms with Crippen molar-refractivity contribution in [2.45, 2.75) is 59.3 Å². The molecule has 2 aliphatic carbocycles. The first-order valence-corrected chi connectivity index (χ1v) is 6.56. The van der Waals surface area contributed by atoms with E-state index >= 15 is 0 Å². The van der Waals surface area contributed by atoms with Crippen LogP contribution in [0.1, 0.15) is 59.3 Å². The van der Waals surface area contributed by atoms with Crippen LogP contribution in [0.15, 0.2) is 0 Å². The molecule has 15 heavy (non-hydrogen) atoms. The first-order chi connectivity index (χ1) is 7.06. The molecular formula is C14H24O. The Bertz CT molecular complexity index is 248. The Kier molecular flexibility index (Phi) is 2.92. The Morgan fingerprint density at radius 3 is 2.20 bits per heavy atom. The summed E-state index contributed by atoms with van der Waals surface area (Å²) in [7, 11) is 0. The van der Waals surface area contributed by atoms with Crippen LogP contribution in [-0.4, -0.2) is 5.78 Å². The van der Waals surface area contributed by atoms with Gasteiger partial charge in [-0.15, -0.1) is 0 Å². The third-order valence-corrected chi connectivity index (χ3v) is 5.26. The number of carbonyl (C=O) groups is 1. The van der Waals surface area contributed by atoms with Gasteiger partial charge in [0.15, 0.2) is 0 Å². The van der Waals surface area contributed by atoms with Crippen LogP contribution in [0.25, 0.3) is 0 Å². The van der Waals surface area contributed by atoms with Gasteiger partial charge >= 0.3 is 0 Å². The van der Waals surface area contributed by atoms with Gasteiger partial charge in [-0.25, -0.2) is 0 Å². The molecule has 2 rings (SSSR count). The lowest BCUT2D eigenvalue weighted by atomic mass is 9.61. The second-order valence-corrected chi connectivity index (χ2v) is 6.06. The molecule has 0 aromatic rings. The predicted octanol–water partition coefficient (Wildman–Crippen LogP) is 3.82. The van der Waals surface area contributed by atoms with Crippen molar-refractivity contribution in [1.82, 2.24) is 0 Å². The van der Waals surface area contributed by atoms with E-state index in [9.17, 15) is 4.79 Å². The van der Waals surface area contributed by atoms with Crippen LogP contribution in [0, 0.1) is 23.2 Å². The summed E-state index contributed by atoms with van der Waals surface area (Å²) in [4.78, 5) is 11.7. The van der Waals surface area contributed by atoms with Gasteiger partial charge in [-0.1, -0.05) is 26.7 Å². The number of ketones is 1. The maximum absolute atomic E-state index is 11.7. The van der Waals surface area contributed by atoms with E-state index in [1.54, 1.807) is 0 Å². The lowest BCUT2D eigenvalue weighted by Gasteiger charge is -2.43. The van der Waals surface area contributed by atoms with E-state index in [0.29, 0.717) is 17.1 Å². The highest BCUT2D eigenvalue weighted by Gasteiger charge is 2.50. The van der Waals surface area contributed by atoms with Crippen LogP contribution in [0.3, 0.4) is 0 Å². The molecule has 1 nitrogen and oxygen atoms in total. The van der Waals surface area contributed by atoms with Crippen LogP contribution < -0.4 is 0 Å². The van der Waals surface area contributed by atoms with E-state index in [1.807, 2.05) is 6.92 Å². The summed E-state index contributed by atoms with van der Waals surface area (Å²) >= 11 is 0. The van der Waals surface area contributed by atoms with Crippen molar-refractivity contribution < 1.29 is 4.79 Å². The average molecular weight is 208 g/mol. The molecule has 1 heteroatoms. The van der Waals surface area contributed by atoms with Gasteiger partial charge in [0.1, 0.15) is 5.78 Å². The zero-order chi connectivity index (χ0) is 11.1. The molecule has 0 amide bonds. The number of carbonyl (C=O) groups excluding carboxylic acids is 1. The Hall–Kier alpha value is -0.330. The van der Waals surface area contributed by atoms with Gasteiger partial charge in [0, 0.05) is 5.92 Å². The second kappa shape index (κ2) is 3.92. The summed E-state index contributed by atoms with van der Waals surface area (Å²) in [5.74, 6) is 2.50. The lowest BCUT2D eigenvalue weighted by molar-refractivity contribution is -0.125. The molecular weight excluding hydrogens is 184 g/mol. The Morgan fingerprint density at radius 1 is 1.07 bits per heavy atom. The van der Waals surface area contributed by atoms with Gasteiger partial charge in [-0.3, -0.25) is 4.79 Å². The van der Waals surface area contributed by atoms with Crippen molar-refractivity contribution in [3.8, 4) is 0 Å². The molecule has 0 radical (unpaired) electrons. The van der Waals surface area contributed by atoms with Crippen molar-refractivity contribution in [3.05, 3.63) is 0 Å². The lowest BCUT2D eigenvalue weighted by Crippen LogP contribution is -2.37. The molecule has 2 atom stereocenters. The molecule has 0 saturated heterocycles. The third-order valence-electron chi connectivity index (χ3n) is 5.26. The molecule has 0 N–H and O–H groups in total. The van der Waals surface area contributed by atoms with Crippen molar-refractivity contribution in [2.75, 3.05) is 0 Å². The van der Waals surface area contributed by atoms with E-state index in [0.717, 1.165) is 18.3 Å². The SMILES string of the molecule is CC(=O)[C@@H]1CC[C@@H](C)C12CCC(C)CC2. The monoisotopic (exact) mass is 208 g/mol. The van der Waals surface area contributed by atoms with Crippen molar-refractivity contribution in [2.24, 2.45) is 23.2 Å². The van der Waals surface area contributed by atoms with Gasteiger partial charge in [-0.05, 0) is 49.9 Å². The summed E-state index contributed by atoms with van der Waals surface area (Å²) in [5.41, 5.74) is 0.401. The zero-order valence-corrected chi connectivity index (χ0v) is 10.4. The summed E-state index contributed by atoms with van der Waals surface area (Å²) < 4.78 is 0. The Labute approximate surface area is 93.6 Å². The van der Waals surface area contributed by atoms with Gasteiger partial charge in [0.2, 0.25) is 0 Å². The number of Topliss-reactive ketones (excluding diaryl/α,β-unsaturated/α-hetero) is 1. The Balaban J connectivity index is 2.19. The first kappa shape index (κ1) is 11.2. The van der Waals surface area contributed by atoms with Gasteiger partial charge < -0.3 is 0 Å².